The van der Waals surface area contributed by atoms with Crippen molar-refractivity contribution in [2.24, 2.45) is 0 Å². The van der Waals surface area contributed by atoms with E-state index in [0.29, 0.717) is 18.3 Å². The molecule has 1 N–H and O–H groups in total. The number of nitrogens with one attached hydrogen (secondary N) is 1. The molecule has 1 aromatic rings. The molecule has 0 saturated carbocycles. The Morgan fingerprint density at radius 1 is 1.33 bits per heavy atom. The molecular weight excluding hydrogens is 252 g/mol. The number of hydrogen-bond acceptors (Lipinski definition) is 4. The third-order valence-corrected chi connectivity index (χ3v) is 2.94. The first-order valence-corrected chi connectivity index (χ1v) is 5.96. The maximum absolute atomic E-state index is 11.4. The monoisotopic (exact) mass is 266 g/mol. The molecule has 0 aromatic heterocycles. The molecule has 1 heterocycles. The number of hydrogen-bond donors (Lipinski definition) is 1. The summed E-state index contributed by atoms with van der Waals surface area (Å²) >= 11 is 5.00. The SMILES string of the molecule is COc1ccc(OCCN2C(=O)CNC2=S)cc1. The Kier molecular flexibility index (Phi) is 3.99. The average molecular weight is 266 g/mol. The van der Waals surface area contributed by atoms with Crippen LogP contribution in [0.15, 0.2) is 24.3 Å². The fraction of sp³-hybridized carbons (Fsp3) is 0.333. The third-order valence-electron chi connectivity index (χ3n) is 2.58. The number of methoxy groups -OCH3 is 1. The zero-order valence-corrected chi connectivity index (χ0v) is 10.8. The van der Waals surface area contributed by atoms with Crippen LogP contribution in [0, 0.1) is 0 Å². The van der Waals surface area contributed by atoms with Gasteiger partial charge in [-0.3, -0.25) is 9.69 Å². The fourth-order valence-corrected chi connectivity index (χ4v) is 1.87. The van der Waals surface area contributed by atoms with E-state index in [1.165, 1.54) is 4.90 Å². The van der Waals surface area contributed by atoms with Crippen LogP contribution in [0.25, 0.3) is 0 Å². The van der Waals surface area contributed by atoms with Gasteiger partial charge in [0, 0.05) is 0 Å². The van der Waals surface area contributed by atoms with E-state index in [4.69, 9.17) is 21.7 Å². The minimum atomic E-state index is -0.0154. The summed E-state index contributed by atoms with van der Waals surface area (Å²) in [5.74, 6) is 1.50. The summed E-state index contributed by atoms with van der Waals surface area (Å²) in [6, 6.07) is 7.29. The normalized spacial score (nSPS) is 14.6. The zero-order chi connectivity index (χ0) is 13.0. The highest BCUT2D eigenvalue weighted by molar-refractivity contribution is 7.80. The highest BCUT2D eigenvalue weighted by atomic mass is 32.1. The zero-order valence-electron chi connectivity index (χ0n) is 10.0. The number of rotatable bonds is 5. The summed E-state index contributed by atoms with van der Waals surface area (Å²) < 4.78 is 10.6. The van der Waals surface area contributed by atoms with Gasteiger partial charge in [-0.25, -0.2) is 0 Å². The van der Waals surface area contributed by atoms with Crippen molar-refractivity contribution in [2.45, 2.75) is 0 Å². The van der Waals surface area contributed by atoms with E-state index in [0.717, 1.165) is 11.5 Å². The molecule has 1 aliphatic heterocycles. The molecule has 1 saturated heterocycles. The van der Waals surface area contributed by atoms with E-state index < -0.39 is 0 Å². The summed E-state index contributed by atoms with van der Waals surface area (Å²) in [4.78, 5) is 12.9. The number of nitrogens with zero attached hydrogens (tertiary/aromatic N) is 1. The van der Waals surface area contributed by atoms with Crippen LogP contribution in [0.5, 0.6) is 11.5 Å². The number of amides is 1. The van der Waals surface area contributed by atoms with E-state index in [9.17, 15) is 4.79 Å². The molecule has 2 rings (SSSR count). The van der Waals surface area contributed by atoms with E-state index in [1.807, 2.05) is 24.3 Å². The maximum Gasteiger partial charge on any atom is 0.248 e. The van der Waals surface area contributed by atoms with E-state index in [2.05, 4.69) is 5.32 Å². The predicted molar refractivity (Wildman–Crippen MR) is 70.8 cm³/mol. The lowest BCUT2D eigenvalue weighted by atomic mass is 10.3. The van der Waals surface area contributed by atoms with Gasteiger partial charge in [-0.15, -0.1) is 0 Å². The number of carbonyl (C=O) groups is 1. The molecule has 6 heteroatoms. The molecule has 0 spiro atoms. The van der Waals surface area contributed by atoms with Gasteiger partial charge in [-0.1, -0.05) is 0 Å². The highest BCUT2D eigenvalue weighted by Gasteiger charge is 2.24. The Morgan fingerprint density at radius 3 is 2.56 bits per heavy atom. The molecule has 1 aliphatic rings. The van der Waals surface area contributed by atoms with Crippen molar-refractivity contribution < 1.29 is 14.3 Å². The van der Waals surface area contributed by atoms with Crippen molar-refractivity contribution in [1.82, 2.24) is 10.2 Å². The van der Waals surface area contributed by atoms with Gasteiger partial charge in [0.15, 0.2) is 5.11 Å². The highest BCUT2D eigenvalue weighted by Crippen LogP contribution is 2.16. The summed E-state index contributed by atoms with van der Waals surface area (Å²) in [7, 11) is 1.61. The molecule has 18 heavy (non-hydrogen) atoms. The van der Waals surface area contributed by atoms with Gasteiger partial charge in [0.2, 0.25) is 5.91 Å². The molecule has 0 atom stereocenters. The van der Waals surface area contributed by atoms with Crippen molar-refractivity contribution in [2.75, 3.05) is 26.8 Å². The van der Waals surface area contributed by atoms with Gasteiger partial charge in [0.1, 0.15) is 18.1 Å². The van der Waals surface area contributed by atoms with Gasteiger partial charge >= 0.3 is 0 Å². The second-order valence-electron chi connectivity index (χ2n) is 3.73. The second-order valence-corrected chi connectivity index (χ2v) is 4.11. The molecular formula is C12H14N2O3S. The van der Waals surface area contributed by atoms with Gasteiger partial charge in [-0.05, 0) is 36.5 Å². The minimum Gasteiger partial charge on any atom is -0.497 e. The molecule has 0 unspecified atom stereocenters. The van der Waals surface area contributed by atoms with Gasteiger partial charge in [-0.2, -0.15) is 0 Å². The Morgan fingerprint density at radius 2 is 2.00 bits per heavy atom. The second kappa shape index (κ2) is 5.68. The first kappa shape index (κ1) is 12.6. The van der Waals surface area contributed by atoms with E-state index >= 15 is 0 Å². The van der Waals surface area contributed by atoms with Crippen molar-refractivity contribution in [1.29, 1.82) is 0 Å². The topological polar surface area (TPSA) is 50.8 Å². The van der Waals surface area contributed by atoms with Crippen LogP contribution >= 0.6 is 12.2 Å². The first-order chi connectivity index (χ1) is 8.70. The van der Waals surface area contributed by atoms with Crippen LogP contribution in [0.4, 0.5) is 0 Å². The Labute approximate surface area is 111 Å². The van der Waals surface area contributed by atoms with Gasteiger partial charge in [0.05, 0.1) is 20.2 Å². The minimum absolute atomic E-state index is 0.0154. The number of benzene rings is 1. The molecule has 1 amide bonds. The first-order valence-electron chi connectivity index (χ1n) is 5.56. The Balaban J connectivity index is 1.81. The quantitative estimate of drug-likeness (QED) is 0.799. The number of carbonyl (C=O) groups excluding carboxylic acids is 1. The van der Waals surface area contributed by atoms with Crippen molar-refractivity contribution >= 4 is 23.2 Å². The largest absolute Gasteiger partial charge is 0.497 e. The molecule has 1 fully saturated rings. The summed E-state index contributed by atoms with van der Waals surface area (Å²) in [5.41, 5.74) is 0. The van der Waals surface area contributed by atoms with E-state index in [1.54, 1.807) is 7.11 Å². The summed E-state index contributed by atoms with van der Waals surface area (Å²) in [6.45, 7) is 1.14. The Hall–Kier alpha value is -1.82. The number of ether oxygens (including phenoxy) is 2. The lowest BCUT2D eigenvalue weighted by Gasteiger charge is -2.15. The molecule has 5 nitrogen and oxygen atoms in total. The average Bonchev–Trinajstić information content (AvgIpc) is 2.71. The van der Waals surface area contributed by atoms with Crippen molar-refractivity contribution in [3.8, 4) is 11.5 Å². The van der Waals surface area contributed by atoms with Crippen LogP contribution in [0.3, 0.4) is 0 Å². The molecule has 96 valence electrons. The van der Waals surface area contributed by atoms with Crippen molar-refractivity contribution in [3.63, 3.8) is 0 Å². The summed E-state index contributed by atoms with van der Waals surface area (Å²) in [5, 5.41) is 3.29. The third kappa shape index (κ3) is 2.89. The Bertz CT molecular complexity index is 431. The lowest BCUT2D eigenvalue weighted by molar-refractivity contribution is -0.124. The lowest BCUT2D eigenvalue weighted by Crippen LogP contribution is -2.34. The van der Waals surface area contributed by atoms with Crippen LogP contribution in [-0.2, 0) is 4.79 Å². The van der Waals surface area contributed by atoms with E-state index in [-0.39, 0.29) is 12.5 Å². The molecule has 1 aromatic carbocycles. The van der Waals surface area contributed by atoms with Gasteiger partial charge < -0.3 is 14.8 Å². The van der Waals surface area contributed by atoms with Crippen LogP contribution in [-0.4, -0.2) is 42.7 Å². The smallest absolute Gasteiger partial charge is 0.248 e. The van der Waals surface area contributed by atoms with Crippen LogP contribution in [0.2, 0.25) is 0 Å². The predicted octanol–water partition coefficient (Wildman–Crippen LogP) is 0.791. The number of thiocarbonyl (C=S) groups is 1. The van der Waals surface area contributed by atoms with Gasteiger partial charge in [0.25, 0.3) is 0 Å². The summed E-state index contributed by atoms with van der Waals surface area (Å²) in [6.07, 6.45) is 0. The fourth-order valence-electron chi connectivity index (χ4n) is 1.61. The standard InChI is InChI=1S/C12H14N2O3S/c1-16-9-2-4-10(5-3-9)17-7-6-14-11(15)8-13-12(14)18/h2-5H,6-8H2,1H3,(H,13,18). The maximum atomic E-state index is 11.4. The van der Waals surface area contributed by atoms with Crippen LogP contribution < -0.4 is 14.8 Å². The molecule has 0 radical (unpaired) electrons. The molecule has 0 aliphatic carbocycles. The van der Waals surface area contributed by atoms with Crippen LogP contribution in [0.1, 0.15) is 0 Å². The molecule has 0 bridgehead atoms. The van der Waals surface area contributed by atoms with Crippen molar-refractivity contribution in [3.05, 3.63) is 24.3 Å².